The van der Waals surface area contributed by atoms with E-state index in [4.69, 9.17) is 11.6 Å². The van der Waals surface area contributed by atoms with Crippen LogP contribution in [0.5, 0.6) is 0 Å². The van der Waals surface area contributed by atoms with E-state index in [0.29, 0.717) is 0 Å². The molecule has 0 aromatic rings. The van der Waals surface area contributed by atoms with Crippen molar-refractivity contribution < 1.29 is 13.2 Å². The number of carbonyl (C=O) groups is 1. The number of carbonyl (C=O) groups excluding carboxylic acids is 1. The second-order valence-corrected chi connectivity index (χ2v) is 4.83. The molecule has 1 heterocycles. The Morgan fingerprint density at radius 2 is 2.27 bits per heavy atom. The molecule has 11 heavy (non-hydrogen) atoms. The van der Waals surface area contributed by atoms with Gasteiger partial charge >= 0.3 is 0 Å². The number of sulfone groups is 1. The van der Waals surface area contributed by atoms with Gasteiger partial charge in [0.2, 0.25) is 5.24 Å². The zero-order valence-corrected chi connectivity index (χ0v) is 7.23. The molecular formula is C6H7ClO3S. The SMILES string of the molecule is O=C(Cl)CC1C=CS(=O)(=O)C1. The predicted octanol–water partition coefficient (Wildman–Crippen LogP) is 0.700. The largest absolute Gasteiger partial charge is 0.281 e. The molecule has 0 aliphatic carbocycles. The van der Waals surface area contributed by atoms with Crippen LogP contribution in [0.25, 0.3) is 0 Å². The molecule has 0 aromatic heterocycles. The van der Waals surface area contributed by atoms with Gasteiger partial charge in [0.15, 0.2) is 9.84 Å². The lowest BCUT2D eigenvalue weighted by atomic mass is 10.1. The maximum absolute atomic E-state index is 10.8. The van der Waals surface area contributed by atoms with E-state index < -0.39 is 15.1 Å². The summed E-state index contributed by atoms with van der Waals surface area (Å²) in [6.07, 6.45) is 1.62. The van der Waals surface area contributed by atoms with Crippen molar-refractivity contribution in [3.05, 3.63) is 11.5 Å². The van der Waals surface area contributed by atoms with E-state index in [0.717, 1.165) is 5.41 Å². The van der Waals surface area contributed by atoms with Crippen LogP contribution in [0.3, 0.4) is 0 Å². The molecule has 0 saturated carbocycles. The first-order valence-electron chi connectivity index (χ1n) is 3.09. The minimum atomic E-state index is -3.03. The molecule has 0 spiro atoms. The lowest BCUT2D eigenvalue weighted by Gasteiger charge is -1.99. The molecule has 1 unspecified atom stereocenters. The van der Waals surface area contributed by atoms with E-state index in [1.54, 1.807) is 0 Å². The van der Waals surface area contributed by atoms with Crippen LogP contribution in [0.1, 0.15) is 6.42 Å². The van der Waals surface area contributed by atoms with Crippen LogP contribution in [0.2, 0.25) is 0 Å². The summed E-state index contributed by atoms with van der Waals surface area (Å²) in [6, 6.07) is 0. The number of halogens is 1. The topological polar surface area (TPSA) is 51.2 Å². The van der Waals surface area contributed by atoms with Gasteiger partial charge in [-0.15, -0.1) is 0 Å². The molecule has 1 aliphatic rings. The summed E-state index contributed by atoms with van der Waals surface area (Å²) in [4.78, 5) is 10.3. The molecule has 0 amide bonds. The van der Waals surface area contributed by atoms with Crippen molar-refractivity contribution in [3.8, 4) is 0 Å². The average molecular weight is 195 g/mol. The van der Waals surface area contributed by atoms with Gasteiger partial charge in [-0.25, -0.2) is 8.42 Å². The Kier molecular flexibility index (Phi) is 2.34. The Balaban J connectivity index is 2.58. The minimum absolute atomic E-state index is 0.0193. The van der Waals surface area contributed by atoms with Crippen LogP contribution in [-0.4, -0.2) is 19.4 Å². The van der Waals surface area contributed by atoms with Crippen molar-refractivity contribution in [3.63, 3.8) is 0 Å². The Bertz CT molecular complexity index is 291. The number of hydrogen-bond donors (Lipinski definition) is 0. The highest BCUT2D eigenvalue weighted by molar-refractivity contribution is 7.94. The van der Waals surface area contributed by atoms with E-state index in [9.17, 15) is 13.2 Å². The third-order valence-electron chi connectivity index (χ3n) is 1.43. The lowest BCUT2D eigenvalue weighted by Crippen LogP contribution is -2.07. The van der Waals surface area contributed by atoms with E-state index in [-0.39, 0.29) is 18.1 Å². The smallest absolute Gasteiger partial charge is 0.222 e. The quantitative estimate of drug-likeness (QED) is 0.608. The second kappa shape index (κ2) is 2.95. The molecule has 0 radical (unpaired) electrons. The molecule has 62 valence electrons. The van der Waals surface area contributed by atoms with Crippen LogP contribution < -0.4 is 0 Å². The summed E-state index contributed by atoms with van der Waals surface area (Å²) >= 11 is 5.08. The molecule has 5 heteroatoms. The van der Waals surface area contributed by atoms with Crippen molar-refractivity contribution in [2.45, 2.75) is 6.42 Å². The first-order chi connectivity index (χ1) is 4.99. The molecular weight excluding hydrogens is 188 g/mol. The summed E-state index contributed by atoms with van der Waals surface area (Å²) in [6.45, 7) is 0. The fourth-order valence-corrected chi connectivity index (χ4v) is 2.57. The highest BCUT2D eigenvalue weighted by Gasteiger charge is 2.22. The third-order valence-corrected chi connectivity index (χ3v) is 3.05. The third kappa shape index (κ3) is 2.63. The highest BCUT2D eigenvalue weighted by atomic mass is 35.5. The first kappa shape index (κ1) is 8.74. The maximum Gasteiger partial charge on any atom is 0.222 e. The molecule has 1 atom stereocenters. The zero-order valence-electron chi connectivity index (χ0n) is 5.66. The summed E-state index contributed by atoms with van der Waals surface area (Å²) in [5.41, 5.74) is 0. The van der Waals surface area contributed by atoms with Gasteiger partial charge in [-0.2, -0.15) is 0 Å². The van der Waals surface area contributed by atoms with Crippen molar-refractivity contribution >= 4 is 26.7 Å². The molecule has 3 nitrogen and oxygen atoms in total. The van der Waals surface area contributed by atoms with Gasteiger partial charge in [0.25, 0.3) is 0 Å². The Hall–Kier alpha value is -0.350. The minimum Gasteiger partial charge on any atom is -0.281 e. The van der Waals surface area contributed by atoms with Gasteiger partial charge in [-0.3, -0.25) is 4.79 Å². The Labute approximate surface area is 70.0 Å². The molecule has 1 rings (SSSR count). The van der Waals surface area contributed by atoms with E-state index >= 15 is 0 Å². The number of hydrogen-bond acceptors (Lipinski definition) is 3. The summed E-state index contributed by atoms with van der Waals surface area (Å²) in [5, 5.41) is 0.647. The zero-order chi connectivity index (χ0) is 8.48. The van der Waals surface area contributed by atoms with Gasteiger partial charge in [0.05, 0.1) is 5.75 Å². The molecule has 0 N–H and O–H groups in total. The standard InChI is InChI=1S/C6H7ClO3S/c7-6(8)3-5-1-2-11(9,10)4-5/h1-2,5H,3-4H2. The molecule has 1 aliphatic heterocycles. The van der Waals surface area contributed by atoms with Crippen molar-refractivity contribution in [2.75, 3.05) is 5.75 Å². The fourth-order valence-electron chi connectivity index (χ4n) is 0.973. The van der Waals surface area contributed by atoms with Gasteiger partial charge in [0.1, 0.15) is 0 Å². The van der Waals surface area contributed by atoms with Crippen molar-refractivity contribution in [1.82, 2.24) is 0 Å². The van der Waals surface area contributed by atoms with Crippen molar-refractivity contribution in [1.29, 1.82) is 0 Å². The normalized spacial score (nSPS) is 27.2. The molecule has 0 fully saturated rings. The van der Waals surface area contributed by atoms with Gasteiger partial charge in [-0.05, 0) is 11.6 Å². The van der Waals surface area contributed by atoms with Gasteiger partial charge in [0, 0.05) is 17.7 Å². The van der Waals surface area contributed by atoms with Gasteiger partial charge in [-0.1, -0.05) is 6.08 Å². The monoisotopic (exact) mass is 194 g/mol. The first-order valence-corrected chi connectivity index (χ1v) is 5.18. The van der Waals surface area contributed by atoms with Crippen LogP contribution in [0.4, 0.5) is 0 Å². The number of rotatable bonds is 2. The maximum atomic E-state index is 10.8. The van der Waals surface area contributed by atoms with E-state index in [1.807, 2.05) is 0 Å². The summed E-state index contributed by atoms with van der Waals surface area (Å²) in [7, 11) is -3.03. The molecule has 0 aromatic carbocycles. The highest BCUT2D eigenvalue weighted by Crippen LogP contribution is 2.18. The second-order valence-electron chi connectivity index (χ2n) is 2.48. The summed E-state index contributed by atoms with van der Waals surface area (Å²) in [5.74, 6) is -0.198. The van der Waals surface area contributed by atoms with Crippen molar-refractivity contribution in [2.24, 2.45) is 5.92 Å². The number of allylic oxidation sites excluding steroid dienone is 1. The summed E-state index contributed by atoms with van der Waals surface area (Å²) < 4.78 is 21.6. The lowest BCUT2D eigenvalue weighted by molar-refractivity contribution is -0.112. The van der Waals surface area contributed by atoms with Crippen LogP contribution in [0.15, 0.2) is 11.5 Å². The molecule has 0 bridgehead atoms. The Morgan fingerprint density at radius 3 is 2.64 bits per heavy atom. The predicted molar refractivity (Wildman–Crippen MR) is 41.9 cm³/mol. The Morgan fingerprint density at radius 1 is 1.64 bits per heavy atom. The average Bonchev–Trinajstić information content (AvgIpc) is 2.08. The van der Waals surface area contributed by atoms with Crippen LogP contribution in [0, 0.1) is 5.92 Å². The fraction of sp³-hybridized carbons (Fsp3) is 0.500. The molecule has 0 saturated heterocycles. The van der Waals surface area contributed by atoms with Crippen LogP contribution >= 0.6 is 11.6 Å². The van der Waals surface area contributed by atoms with E-state index in [1.165, 1.54) is 6.08 Å². The van der Waals surface area contributed by atoms with E-state index in [2.05, 4.69) is 0 Å². The van der Waals surface area contributed by atoms with Crippen LogP contribution in [-0.2, 0) is 14.6 Å². The van der Waals surface area contributed by atoms with Gasteiger partial charge < -0.3 is 0 Å².